The third-order valence-electron chi connectivity index (χ3n) is 10.7. The molecule has 12 nitrogen and oxygen atoms in total. The highest BCUT2D eigenvalue weighted by atomic mass is 19.3. The Balaban J connectivity index is 0.885. The summed E-state index contributed by atoms with van der Waals surface area (Å²) >= 11 is 0. The van der Waals surface area contributed by atoms with Gasteiger partial charge in [-0.15, -0.1) is 0 Å². The summed E-state index contributed by atoms with van der Waals surface area (Å²) in [6, 6.07) is 8.13. The molecular weight excluding hydrogens is 716 g/mol. The maximum absolute atomic E-state index is 15.7. The van der Waals surface area contributed by atoms with Gasteiger partial charge in [-0.25, -0.2) is 33.6 Å². The molecule has 8 rings (SSSR count). The molecule has 3 aliphatic heterocycles. The van der Waals surface area contributed by atoms with Gasteiger partial charge in [-0.1, -0.05) is 18.2 Å². The Labute approximate surface area is 314 Å². The maximum Gasteiger partial charge on any atom is 0.333 e. The summed E-state index contributed by atoms with van der Waals surface area (Å²) in [5.41, 5.74) is 3.85. The number of nitrogens with one attached hydrogen (secondary N) is 2. The number of imide groups is 1. The zero-order valence-corrected chi connectivity index (χ0v) is 30.6. The number of imidazole rings is 1. The van der Waals surface area contributed by atoms with Crippen LogP contribution in [-0.4, -0.2) is 83.2 Å². The second-order valence-corrected chi connectivity index (χ2v) is 14.7. The number of carbonyl (C=O) groups is 2. The molecule has 16 heteroatoms. The molecule has 55 heavy (non-hydrogen) atoms. The van der Waals surface area contributed by atoms with Crippen molar-refractivity contribution in [3.05, 3.63) is 94.6 Å². The molecule has 2 saturated heterocycles. The van der Waals surface area contributed by atoms with E-state index in [1.807, 2.05) is 18.4 Å². The molecule has 1 unspecified atom stereocenters. The minimum Gasteiger partial charge on any atom is -0.326 e. The number of nitrogens with zero attached hydrogens (tertiary/aromatic N) is 8. The Kier molecular flexibility index (Phi) is 9.59. The van der Waals surface area contributed by atoms with E-state index in [-0.39, 0.29) is 71.1 Å². The molecule has 1 atom stereocenters. The molecular formula is C39H40F4N10O2. The number of carbonyl (C=O) groups excluding carboxylic acids is 2. The van der Waals surface area contributed by atoms with Crippen LogP contribution in [0.3, 0.4) is 0 Å². The number of fused-ring (bicyclic) bond motifs is 2. The first kappa shape index (κ1) is 36.6. The third kappa shape index (κ3) is 7.16. The first-order valence-electron chi connectivity index (χ1n) is 18.3. The summed E-state index contributed by atoms with van der Waals surface area (Å²) in [6.45, 7) is 8.75. The normalized spacial score (nSPS) is 18.7. The van der Waals surface area contributed by atoms with E-state index >= 15 is 13.2 Å². The summed E-state index contributed by atoms with van der Waals surface area (Å²) in [5.74, 6) is -1.08. The number of aryl methyl sites for hydroxylation is 1. The van der Waals surface area contributed by atoms with Gasteiger partial charge in [-0.2, -0.15) is 8.78 Å². The molecule has 3 aliphatic rings. The number of aromatic nitrogens is 5. The van der Waals surface area contributed by atoms with Crippen LogP contribution in [0.1, 0.15) is 60.8 Å². The van der Waals surface area contributed by atoms with Gasteiger partial charge in [0.05, 0.1) is 23.3 Å². The lowest BCUT2D eigenvalue weighted by molar-refractivity contribution is -0.168. The quantitative estimate of drug-likeness (QED) is 0.109. The van der Waals surface area contributed by atoms with Gasteiger partial charge < -0.3 is 9.88 Å². The first-order valence-corrected chi connectivity index (χ1v) is 18.3. The van der Waals surface area contributed by atoms with Crippen LogP contribution >= 0.6 is 0 Å². The minimum atomic E-state index is -3.27. The summed E-state index contributed by atoms with van der Waals surface area (Å²) in [7, 11) is 0. The van der Waals surface area contributed by atoms with Crippen molar-refractivity contribution in [2.45, 2.75) is 71.4 Å². The van der Waals surface area contributed by atoms with E-state index in [0.717, 1.165) is 34.0 Å². The first-order chi connectivity index (χ1) is 26.3. The molecule has 0 radical (unpaired) electrons. The lowest BCUT2D eigenvalue weighted by Gasteiger charge is -2.38. The number of halogens is 4. The maximum atomic E-state index is 15.7. The van der Waals surface area contributed by atoms with Crippen molar-refractivity contribution in [1.82, 2.24) is 44.5 Å². The fourth-order valence-corrected chi connectivity index (χ4v) is 7.90. The topological polar surface area (TPSA) is 124 Å². The minimum absolute atomic E-state index is 0.0107. The van der Waals surface area contributed by atoms with Gasteiger partial charge in [-0.05, 0) is 68.1 Å². The number of anilines is 2. The molecule has 286 valence electrons. The highest BCUT2D eigenvalue weighted by molar-refractivity contribution is 6.00. The van der Waals surface area contributed by atoms with E-state index in [4.69, 9.17) is 0 Å². The van der Waals surface area contributed by atoms with Crippen LogP contribution in [0.15, 0.2) is 54.9 Å². The van der Waals surface area contributed by atoms with Gasteiger partial charge in [0.25, 0.3) is 0 Å². The Morgan fingerprint density at radius 1 is 0.927 bits per heavy atom. The molecule has 0 aliphatic carbocycles. The average Bonchev–Trinajstić information content (AvgIpc) is 3.73. The van der Waals surface area contributed by atoms with Crippen LogP contribution in [0, 0.1) is 18.6 Å². The number of piperazine rings is 1. The summed E-state index contributed by atoms with van der Waals surface area (Å²) in [6.07, 6.45) is 2.91. The lowest BCUT2D eigenvalue weighted by atomic mass is 10.0. The van der Waals surface area contributed by atoms with Crippen molar-refractivity contribution < 1.29 is 27.2 Å². The standard InChI is InChI=1S/C39H40F4N10O2/c1-22(2)53-23(3)46-36-29(40)15-26(16-32(36)53)35-30(41)18-45-38(49-35)47-33-8-6-28(17-44-33)39(42,43)52-12-10-50(11-13-52)19-24-4-5-25-20-51(21-27(25)14-24)31-7-9-34(54)48-37(31)55/h4-6,8,14-18,22,31H,7,9-13,19-21H2,1-3H3,(H,48,54,55)(H,44,45,47,49). The van der Waals surface area contributed by atoms with Crippen LogP contribution in [-0.2, 0) is 35.3 Å². The van der Waals surface area contributed by atoms with Gasteiger partial charge in [0.2, 0.25) is 17.8 Å². The van der Waals surface area contributed by atoms with Crippen molar-refractivity contribution in [2.24, 2.45) is 0 Å². The number of hydrogen-bond donors (Lipinski definition) is 2. The molecule has 0 bridgehead atoms. The van der Waals surface area contributed by atoms with E-state index in [9.17, 15) is 14.0 Å². The van der Waals surface area contributed by atoms with E-state index in [1.165, 1.54) is 18.2 Å². The third-order valence-corrected chi connectivity index (χ3v) is 10.7. The van der Waals surface area contributed by atoms with Crippen LogP contribution < -0.4 is 10.6 Å². The largest absolute Gasteiger partial charge is 0.333 e. The van der Waals surface area contributed by atoms with Crippen LogP contribution in [0.5, 0.6) is 0 Å². The highest BCUT2D eigenvalue weighted by Gasteiger charge is 2.41. The predicted molar refractivity (Wildman–Crippen MR) is 196 cm³/mol. The summed E-state index contributed by atoms with van der Waals surface area (Å²) in [5, 5.41) is 5.28. The SMILES string of the molecule is Cc1nc2c(F)cc(-c3nc(Nc4ccc(C(F)(F)N5CCN(Cc6ccc7c(c6)CN(C6CCC(=O)NC6=O)C7)CC5)cn4)ncc3F)cc2n1C(C)C. The van der Waals surface area contributed by atoms with Crippen molar-refractivity contribution in [3.8, 4) is 11.3 Å². The van der Waals surface area contributed by atoms with Crippen molar-refractivity contribution in [3.63, 3.8) is 0 Å². The van der Waals surface area contributed by atoms with E-state index < -0.39 is 17.7 Å². The zero-order valence-electron chi connectivity index (χ0n) is 30.6. The molecule has 0 spiro atoms. The van der Waals surface area contributed by atoms with Crippen molar-refractivity contribution >= 4 is 34.6 Å². The van der Waals surface area contributed by atoms with Crippen molar-refractivity contribution in [2.75, 3.05) is 31.5 Å². The summed E-state index contributed by atoms with van der Waals surface area (Å²) in [4.78, 5) is 46.1. The smallest absolute Gasteiger partial charge is 0.326 e. The number of pyridine rings is 1. The molecule has 2 fully saturated rings. The number of amides is 2. The predicted octanol–water partition coefficient (Wildman–Crippen LogP) is 5.79. The molecule has 2 N–H and O–H groups in total. The number of hydrogen-bond acceptors (Lipinski definition) is 10. The second-order valence-electron chi connectivity index (χ2n) is 14.7. The Hall–Kier alpha value is -5.32. The lowest BCUT2D eigenvalue weighted by Crippen LogP contribution is -2.51. The molecule has 6 heterocycles. The van der Waals surface area contributed by atoms with Gasteiger partial charge >= 0.3 is 6.05 Å². The van der Waals surface area contributed by atoms with Gasteiger partial charge in [0, 0.05) is 70.0 Å². The number of rotatable bonds is 9. The Morgan fingerprint density at radius 2 is 1.71 bits per heavy atom. The Bertz CT molecular complexity index is 2290. The van der Waals surface area contributed by atoms with E-state index in [1.54, 1.807) is 13.0 Å². The van der Waals surface area contributed by atoms with Gasteiger partial charge in [-0.3, -0.25) is 24.7 Å². The van der Waals surface area contributed by atoms with E-state index in [2.05, 4.69) is 58.6 Å². The highest BCUT2D eigenvalue weighted by Crippen LogP contribution is 2.35. The van der Waals surface area contributed by atoms with Crippen LogP contribution in [0.25, 0.3) is 22.3 Å². The zero-order chi connectivity index (χ0) is 38.6. The molecule has 3 aromatic heterocycles. The van der Waals surface area contributed by atoms with Crippen LogP contribution in [0.2, 0.25) is 0 Å². The number of piperidine rings is 1. The molecule has 5 aromatic rings. The molecule has 2 amide bonds. The number of alkyl halides is 2. The van der Waals surface area contributed by atoms with Gasteiger partial charge in [0.15, 0.2) is 11.6 Å². The molecule has 0 saturated carbocycles. The van der Waals surface area contributed by atoms with E-state index in [0.29, 0.717) is 56.9 Å². The second kappa shape index (κ2) is 14.4. The Morgan fingerprint density at radius 3 is 2.44 bits per heavy atom. The van der Waals surface area contributed by atoms with Crippen LogP contribution in [0.4, 0.5) is 29.3 Å². The van der Waals surface area contributed by atoms with Crippen molar-refractivity contribution in [1.29, 1.82) is 0 Å². The fraction of sp³-hybridized carbons (Fsp3) is 0.385. The monoisotopic (exact) mass is 756 g/mol. The molecule has 2 aromatic carbocycles. The van der Waals surface area contributed by atoms with Gasteiger partial charge in [0.1, 0.15) is 22.9 Å². The summed E-state index contributed by atoms with van der Waals surface area (Å²) < 4.78 is 63.5. The number of benzene rings is 2. The fourth-order valence-electron chi connectivity index (χ4n) is 7.90. The average molecular weight is 757 g/mol.